The van der Waals surface area contributed by atoms with E-state index in [9.17, 15) is 24.9 Å². The van der Waals surface area contributed by atoms with E-state index in [0.717, 1.165) is 4.90 Å². The quantitative estimate of drug-likeness (QED) is 0.424. The summed E-state index contributed by atoms with van der Waals surface area (Å²) in [4.78, 5) is 28.6. The monoisotopic (exact) mass is 520 g/mol. The highest BCUT2D eigenvalue weighted by atomic mass is 32.2. The minimum absolute atomic E-state index is 0.0215. The van der Waals surface area contributed by atoms with Crippen molar-refractivity contribution >= 4 is 29.4 Å². The number of amides is 2. The summed E-state index contributed by atoms with van der Waals surface area (Å²) >= 11 is 1.59. The topological polar surface area (TPSA) is 119 Å². The largest absolute Gasteiger partial charge is 0.445 e. The zero-order valence-corrected chi connectivity index (χ0v) is 22.3. The van der Waals surface area contributed by atoms with Crippen LogP contribution in [0.25, 0.3) is 0 Å². The molecule has 7 atom stereocenters. The van der Waals surface area contributed by atoms with E-state index in [1.54, 1.807) is 16.7 Å². The fourth-order valence-corrected chi connectivity index (χ4v) is 7.50. The van der Waals surface area contributed by atoms with Crippen LogP contribution in [0.5, 0.6) is 0 Å². The molecule has 3 aliphatic rings. The van der Waals surface area contributed by atoms with Gasteiger partial charge in [-0.3, -0.25) is 10.1 Å². The van der Waals surface area contributed by atoms with Crippen molar-refractivity contribution in [3.8, 4) is 0 Å². The van der Waals surface area contributed by atoms with Gasteiger partial charge in [-0.15, -0.1) is 11.8 Å². The second-order valence-electron chi connectivity index (χ2n) is 11.2. The first kappa shape index (κ1) is 27.2. The van der Waals surface area contributed by atoms with Crippen LogP contribution in [0.4, 0.5) is 10.5 Å². The van der Waals surface area contributed by atoms with Gasteiger partial charge < -0.3 is 25.0 Å². The van der Waals surface area contributed by atoms with Crippen molar-refractivity contribution in [1.29, 1.82) is 0 Å². The zero-order valence-electron chi connectivity index (χ0n) is 21.5. The number of likely N-dealkylation sites (tertiary alicyclic amines) is 1. The Morgan fingerprint density at radius 1 is 1.19 bits per heavy atom. The molecular formula is C27H40N2O6S. The lowest BCUT2D eigenvalue weighted by Crippen LogP contribution is -2.61. The van der Waals surface area contributed by atoms with E-state index in [-0.39, 0.29) is 36.2 Å². The number of nitrogens with zero attached hydrogens (tertiary/aromatic N) is 1. The maximum absolute atomic E-state index is 13.1. The number of aliphatic hydroxyl groups excluding tert-OH is 3. The molecule has 0 bridgehead atoms. The standard InChI is InChI=1S/C27H40N2O6S/c1-26-11-9-23(35-25(34)28-17-5-4-6-19(13-17)36-3)27(2,16-30)22(26)8-7-21(32)20(26)14-24(33)29-12-10-18(31)15-29/h4-6,13,18,20-23,30-32H,7-12,14-16H2,1-3H3,(H,28,34)/t18-,20-,21-,22+,23-,26+,27+/m1/s1. The van der Waals surface area contributed by atoms with E-state index in [1.165, 1.54) is 0 Å². The first-order valence-electron chi connectivity index (χ1n) is 13.0. The summed E-state index contributed by atoms with van der Waals surface area (Å²) in [5, 5.41) is 34.3. The van der Waals surface area contributed by atoms with Gasteiger partial charge in [-0.2, -0.15) is 0 Å². The number of β-amino-alcohol motifs (C(OH)–C–C–N with tert-alkyl or cyclic N) is 1. The van der Waals surface area contributed by atoms with Gasteiger partial charge in [0.25, 0.3) is 0 Å². The van der Waals surface area contributed by atoms with Crippen molar-refractivity contribution in [1.82, 2.24) is 4.90 Å². The summed E-state index contributed by atoms with van der Waals surface area (Å²) in [5.74, 6) is -0.309. The summed E-state index contributed by atoms with van der Waals surface area (Å²) in [5.41, 5.74) is -0.423. The van der Waals surface area contributed by atoms with Crippen molar-refractivity contribution in [3.63, 3.8) is 0 Å². The smallest absolute Gasteiger partial charge is 0.411 e. The van der Waals surface area contributed by atoms with Crippen LogP contribution in [0.1, 0.15) is 52.4 Å². The number of aliphatic hydroxyl groups is 3. The van der Waals surface area contributed by atoms with Crippen LogP contribution in [0.15, 0.2) is 29.2 Å². The summed E-state index contributed by atoms with van der Waals surface area (Å²) in [6.07, 6.45) is 3.14. The van der Waals surface area contributed by atoms with Crippen LogP contribution < -0.4 is 5.32 Å². The van der Waals surface area contributed by atoms with Crippen LogP contribution in [-0.2, 0) is 9.53 Å². The molecule has 9 heteroatoms. The molecule has 0 aromatic heterocycles. The molecule has 36 heavy (non-hydrogen) atoms. The van der Waals surface area contributed by atoms with Gasteiger partial charge in [0.05, 0.1) is 18.8 Å². The third-order valence-electron chi connectivity index (χ3n) is 9.15. The van der Waals surface area contributed by atoms with Gasteiger partial charge in [-0.05, 0) is 73.8 Å². The number of fused-ring (bicyclic) bond motifs is 1. The Kier molecular flexibility index (Phi) is 8.24. The summed E-state index contributed by atoms with van der Waals surface area (Å²) in [7, 11) is 0. The molecule has 3 fully saturated rings. The highest BCUT2D eigenvalue weighted by Crippen LogP contribution is 2.61. The number of carbonyl (C=O) groups is 2. The third-order valence-corrected chi connectivity index (χ3v) is 9.88. The van der Waals surface area contributed by atoms with Gasteiger partial charge in [-0.25, -0.2) is 4.79 Å². The molecule has 0 unspecified atom stereocenters. The first-order valence-corrected chi connectivity index (χ1v) is 14.2. The number of carbonyl (C=O) groups excluding carboxylic acids is 2. The Labute approximate surface area is 217 Å². The highest BCUT2D eigenvalue weighted by molar-refractivity contribution is 7.98. The van der Waals surface area contributed by atoms with Gasteiger partial charge in [0.2, 0.25) is 5.91 Å². The Hall–Kier alpha value is -1.81. The minimum Gasteiger partial charge on any atom is -0.445 e. The molecule has 2 amide bonds. The molecule has 1 aromatic rings. The maximum atomic E-state index is 13.1. The average Bonchev–Trinajstić information content (AvgIpc) is 3.29. The lowest BCUT2D eigenvalue weighted by atomic mass is 9.46. The predicted octanol–water partition coefficient (Wildman–Crippen LogP) is 3.49. The summed E-state index contributed by atoms with van der Waals surface area (Å²) < 4.78 is 5.92. The lowest BCUT2D eigenvalue weighted by Gasteiger charge is -2.60. The summed E-state index contributed by atoms with van der Waals surface area (Å²) in [6.45, 7) is 4.83. The number of hydrogen-bond acceptors (Lipinski definition) is 7. The van der Waals surface area contributed by atoms with Gasteiger partial charge in [0.15, 0.2) is 0 Å². The number of ether oxygens (including phenoxy) is 1. The van der Waals surface area contributed by atoms with Crippen LogP contribution in [0, 0.1) is 22.7 Å². The molecule has 4 N–H and O–H groups in total. The van der Waals surface area contributed by atoms with E-state index in [2.05, 4.69) is 12.2 Å². The average molecular weight is 521 g/mol. The van der Waals surface area contributed by atoms with Gasteiger partial charge >= 0.3 is 6.09 Å². The molecule has 1 aliphatic heterocycles. The Bertz CT molecular complexity index is 962. The molecule has 200 valence electrons. The van der Waals surface area contributed by atoms with E-state index in [4.69, 9.17) is 4.74 Å². The van der Waals surface area contributed by atoms with Gasteiger partial charge in [0, 0.05) is 35.5 Å². The fourth-order valence-electron chi connectivity index (χ4n) is 7.04. The van der Waals surface area contributed by atoms with E-state index in [0.29, 0.717) is 50.9 Å². The molecule has 0 spiro atoms. The molecule has 1 saturated heterocycles. The van der Waals surface area contributed by atoms with Crippen molar-refractivity contribution in [2.75, 3.05) is 31.3 Å². The van der Waals surface area contributed by atoms with E-state index >= 15 is 0 Å². The van der Waals surface area contributed by atoms with E-state index in [1.807, 2.05) is 37.4 Å². The van der Waals surface area contributed by atoms with Crippen molar-refractivity contribution in [3.05, 3.63) is 24.3 Å². The van der Waals surface area contributed by atoms with Gasteiger partial charge in [0.1, 0.15) is 6.10 Å². The van der Waals surface area contributed by atoms with Crippen molar-refractivity contribution in [2.45, 2.75) is 75.6 Å². The fraction of sp³-hybridized carbons (Fsp3) is 0.704. The summed E-state index contributed by atoms with van der Waals surface area (Å²) in [6, 6.07) is 7.55. The maximum Gasteiger partial charge on any atom is 0.411 e. The van der Waals surface area contributed by atoms with E-state index < -0.39 is 29.8 Å². The lowest BCUT2D eigenvalue weighted by molar-refractivity contribution is -0.186. The van der Waals surface area contributed by atoms with Crippen LogP contribution in [-0.4, -0.2) is 76.5 Å². The Balaban J connectivity index is 1.48. The Morgan fingerprint density at radius 2 is 1.97 bits per heavy atom. The zero-order chi connectivity index (χ0) is 26.1. The van der Waals surface area contributed by atoms with Gasteiger partial charge in [-0.1, -0.05) is 19.9 Å². The molecule has 4 rings (SSSR count). The molecule has 1 heterocycles. The molecule has 2 aliphatic carbocycles. The number of rotatable bonds is 6. The molecule has 1 aromatic carbocycles. The normalized spacial score (nSPS) is 36.3. The second-order valence-corrected chi connectivity index (χ2v) is 12.1. The number of nitrogens with one attached hydrogen (secondary N) is 1. The Morgan fingerprint density at radius 3 is 2.64 bits per heavy atom. The number of anilines is 1. The van der Waals surface area contributed by atoms with Crippen molar-refractivity contribution < 1.29 is 29.6 Å². The highest BCUT2D eigenvalue weighted by Gasteiger charge is 2.60. The van der Waals surface area contributed by atoms with Crippen LogP contribution >= 0.6 is 11.8 Å². The number of benzene rings is 1. The third kappa shape index (κ3) is 5.26. The van der Waals surface area contributed by atoms with Crippen LogP contribution in [0.3, 0.4) is 0 Å². The molecular weight excluding hydrogens is 480 g/mol. The minimum atomic E-state index is -0.698. The van der Waals surface area contributed by atoms with Crippen LogP contribution in [0.2, 0.25) is 0 Å². The SMILES string of the molecule is CSc1cccc(NC(=O)O[C@@H]2CC[C@]3(C)[C@H](CC[C@@H](O)[C@H]3CC(=O)N3CC[C@@H](O)C3)[C@]2(C)CO)c1. The predicted molar refractivity (Wildman–Crippen MR) is 139 cm³/mol. The van der Waals surface area contributed by atoms with Crippen molar-refractivity contribution in [2.24, 2.45) is 22.7 Å². The number of hydrogen-bond donors (Lipinski definition) is 4. The second kappa shape index (κ2) is 10.9. The first-order chi connectivity index (χ1) is 17.1. The molecule has 8 nitrogen and oxygen atoms in total. The number of thioether (sulfide) groups is 1. The molecule has 2 saturated carbocycles. The molecule has 0 radical (unpaired) electrons.